The van der Waals surface area contributed by atoms with Crippen molar-refractivity contribution in [3.63, 3.8) is 0 Å². The van der Waals surface area contributed by atoms with Gasteiger partial charge in [-0.3, -0.25) is 0 Å². The Morgan fingerprint density at radius 1 is 1.12 bits per heavy atom. The molecule has 2 aromatic carbocycles. The second-order valence-electron chi connectivity index (χ2n) is 5.45. The lowest BCUT2D eigenvalue weighted by molar-refractivity contribution is 0.0691. The number of nitrogens with zero attached hydrogens (tertiary/aromatic N) is 1. The maximum atomic E-state index is 11.7. The zero-order valence-electron chi connectivity index (χ0n) is 13.3. The monoisotopic (exact) mass is 334 g/mol. The molecule has 0 spiro atoms. The highest BCUT2D eigenvalue weighted by molar-refractivity contribution is 6.00. The Bertz CT molecular complexity index is 1080. The Kier molecular flexibility index (Phi) is 3.50. The van der Waals surface area contributed by atoms with Gasteiger partial charge in [0.05, 0.1) is 12.7 Å². The highest BCUT2D eigenvalue weighted by atomic mass is 16.5. The summed E-state index contributed by atoms with van der Waals surface area (Å²) in [7, 11) is 1.54. The number of carboxylic acids is 1. The number of para-hydroxylation sites is 2. The van der Waals surface area contributed by atoms with Crippen LogP contribution in [-0.2, 0) is 0 Å². The van der Waals surface area contributed by atoms with E-state index in [1.165, 1.54) is 0 Å². The third-order valence-electron chi connectivity index (χ3n) is 4.00. The molecule has 6 nitrogen and oxygen atoms in total. The molecule has 0 fully saturated rings. The molecule has 0 saturated heterocycles. The molecule has 2 aromatic heterocycles. The van der Waals surface area contributed by atoms with E-state index >= 15 is 0 Å². The van der Waals surface area contributed by atoms with E-state index in [4.69, 9.17) is 9.15 Å². The van der Waals surface area contributed by atoms with Crippen LogP contribution < -0.4 is 4.74 Å². The molecule has 0 unspecified atom stereocenters. The van der Waals surface area contributed by atoms with Gasteiger partial charge in [-0.2, -0.15) is 0 Å². The summed E-state index contributed by atoms with van der Waals surface area (Å²) in [4.78, 5) is 19.0. The van der Waals surface area contributed by atoms with Gasteiger partial charge in [0, 0.05) is 22.7 Å². The van der Waals surface area contributed by atoms with E-state index in [0.29, 0.717) is 16.9 Å². The number of hydrogen-bond donors (Lipinski definition) is 2. The first-order chi connectivity index (χ1) is 12.2. The van der Waals surface area contributed by atoms with E-state index in [-0.39, 0.29) is 17.3 Å². The summed E-state index contributed by atoms with van der Waals surface area (Å²) in [6.07, 6.45) is 1.73. The van der Waals surface area contributed by atoms with Crippen molar-refractivity contribution in [2.45, 2.75) is 0 Å². The Labute approximate surface area is 142 Å². The summed E-state index contributed by atoms with van der Waals surface area (Å²) in [5.41, 5.74) is 2.01. The van der Waals surface area contributed by atoms with Crippen LogP contribution in [-0.4, -0.2) is 28.2 Å². The minimum Gasteiger partial charge on any atom is -0.496 e. The minimum absolute atomic E-state index is 0.134. The van der Waals surface area contributed by atoms with Crippen LogP contribution >= 0.6 is 0 Å². The lowest BCUT2D eigenvalue weighted by atomic mass is 10.1. The number of carboxylic acid groups (broad SMARTS) is 1. The smallest absolute Gasteiger partial charge is 0.358 e. The number of ether oxygens (including phenoxy) is 1. The van der Waals surface area contributed by atoms with Gasteiger partial charge in [0.15, 0.2) is 11.5 Å². The molecule has 6 heteroatoms. The van der Waals surface area contributed by atoms with Crippen molar-refractivity contribution in [2.24, 2.45) is 0 Å². The Balaban J connectivity index is 1.94. The number of carbonyl (C=O) groups is 1. The van der Waals surface area contributed by atoms with Crippen LogP contribution in [0.4, 0.5) is 0 Å². The summed E-state index contributed by atoms with van der Waals surface area (Å²) < 4.78 is 11.2. The number of H-pyrrole nitrogens is 1. The number of hydrogen-bond acceptors (Lipinski definition) is 4. The molecule has 0 aliphatic carbocycles. The number of rotatable bonds is 4. The van der Waals surface area contributed by atoms with E-state index in [2.05, 4.69) is 9.97 Å². The normalized spacial score (nSPS) is 10.9. The van der Waals surface area contributed by atoms with Gasteiger partial charge in [-0.1, -0.05) is 30.3 Å². The van der Waals surface area contributed by atoms with Crippen molar-refractivity contribution in [3.8, 4) is 28.5 Å². The van der Waals surface area contributed by atoms with E-state index in [1.807, 2.05) is 36.4 Å². The van der Waals surface area contributed by atoms with Crippen LogP contribution in [0, 0.1) is 0 Å². The van der Waals surface area contributed by atoms with Gasteiger partial charge in [0.25, 0.3) is 0 Å². The van der Waals surface area contributed by atoms with Crippen LogP contribution in [0.2, 0.25) is 0 Å². The van der Waals surface area contributed by atoms with Crippen molar-refractivity contribution in [1.82, 2.24) is 9.97 Å². The molecule has 25 heavy (non-hydrogen) atoms. The zero-order chi connectivity index (χ0) is 17.4. The molecule has 0 amide bonds. The highest BCUT2D eigenvalue weighted by Crippen LogP contribution is 2.36. The molecule has 2 N–H and O–H groups in total. The van der Waals surface area contributed by atoms with Gasteiger partial charge in [-0.15, -0.1) is 0 Å². The van der Waals surface area contributed by atoms with Crippen LogP contribution in [0.15, 0.2) is 59.1 Å². The quantitative estimate of drug-likeness (QED) is 0.584. The largest absolute Gasteiger partial charge is 0.496 e. The molecular formula is C19H14N2O4. The first kappa shape index (κ1) is 15.0. The number of aromatic nitrogens is 2. The van der Waals surface area contributed by atoms with Gasteiger partial charge >= 0.3 is 5.97 Å². The predicted octanol–water partition coefficient (Wildman–Crippen LogP) is 4.20. The molecule has 2 heterocycles. The Morgan fingerprint density at radius 3 is 2.68 bits per heavy atom. The lowest BCUT2D eigenvalue weighted by Gasteiger charge is -2.03. The molecule has 0 aliphatic rings. The number of methoxy groups -OCH3 is 1. The number of benzene rings is 2. The average Bonchev–Trinajstić information content (AvgIpc) is 3.25. The number of aromatic carboxylic acids is 1. The topological polar surface area (TPSA) is 88.4 Å². The van der Waals surface area contributed by atoms with Gasteiger partial charge in [0.2, 0.25) is 5.89 Å². The molecule has 0 atom stereocenters. The fourth-order valence-corrected chi connectivity index (χ4v) is 2.84. The van der Waals surface area contributed by atoms with Crippen molar-refractivity contribution < 1.29 is 19.1 Å². The van der Waals surface area contributed by atoms with Crippen molar-refractivity contribution in [3.05, 3.63) is 60.4 Å². The third-order valence-corrected chi connectivity index (χ3v) is 4.00. The number of fused-ring (bicyclic) bond motifs is 1. The highest BCUT2D eigenvalue weighted by Gasteiger charge is 2.24. The minimum atomic E-state index is -1.15. The van der Waals surface area contributed by atoms with Crippen LogP contribution in [0.25, 0.3) is 33.7 Å². The van der Waals surface area contributed by atoms with Gasteiger partial charge < -0.3 is 19.2 Å². The van der Waals surface area contributed by atoms with Crippen LogP contribution in [0.1, 0.15) is 10.5 Å². The van der Waals surface area contributed by atoms with E-state index < -0.39 is 5.97 Å². The number of oxazole rings is 1. The maximum Gasteiger partial charge on any atom is 0.358 e. The van der Waals surface area contributed by atoms with Crippen LogP contribution in [0.5, 0.6) is 5.75 Å². The SMILES string of the molecule is COc1ccccc1-c1nc(C(=O)O)c(-c2c[nH]c3ccccc23)o1. The summed E-state index contributed by atoms with van der Waals surface area (Å²) in [5, 5.41) is 10.4. The maximum absolute atomic E-state index is 11.7. The second-order valence-corrected chi connectivity index (χ2v) is 5.45. The first-order valence-electron chi connectivity index (χ1n) is 7.63. The summed E-state index contributed by atoms with van der Waals surface area (Å²) >= 11 is 0. The van der Waals surface area contributed by atoms with Gasteiger partial charge in [0.1, 0.15) is 5.75 Å². The van der Waals surface area contributed by atoms with E-state index in [0.717, 1.165) is 10.9 Å². The average molecular weight is 334 g/mol. The predicted molar refractivity (Wildman–Crippen MR) is 92.7 cm³/mol. The summed E-state index contributed by atoms with van der Waals surface area (Å²) in [5.74, 6) is -0.169. The van der Waals surface area contributed by atoms with Gasteiger partial charge in [-0.25, -0.2) is 9.78 Å². The van der Waals surface area contributed by atoms with Crippen molar-refractivity contribution >= 4 is 16.9 Å². The fraction of sp³-hybridized carbons (Fsp3) is 0.0526. The molecule has 0 saturated carbocycles. The number of aromatic amines is 1. The summed E-state index contributed by atoms with van der Waals surface area (Å²) in [6.45, 7) is 0. The molecule has 0 bridgehead atoms. The summed E-state index contributed by atoms with van der Waals surface area (Å²) in [6, 6.07) is 14.8. The lowest BCUT2D eigenvalue weighted by Crippen LogP contribution is -1.98. The van der Waals surface area contributed by atoms with Crippen molar-refractivity contribution in [1.29, 1.82) is 0 Å². The standard InChI is InChI=1S/C19H14N2O4/c1-24-15-9-5-3-7-12(15)18-21-16(19(22)23)17(25-18)13-10-20-14-8-4-2-6-11(13)14/h2-10,20H,1H3,(H,22,23). The Morgan fingerprint density at radius 2 is 1.88 bits per heavy atom. The fourth-order valence-electron chi connectivity index (χ4n) is 2.84. The van der Waals surface area contributed by atoms with E-state index in [9.17, 15) is 9.90 Å². The first-order valence-corrected chi connectivity index (χ1v) is 7.63. The Hall–Kier alpha value is -3.54. The second kappa shape index (κ2) is 5.83. The van der Waals surface area contributed by atoms with E-state index in [1.54, 1.807) is 25.4 Å². The molecule has 0 aliphatic heterocycles. The van der Waals surface area contributed by atoms with Gasteiger partial charge in [-0.05, 0) is 18.2 Å². The number of nitrogens with one attached hydrogen (secondary N) is 1. The molecule has 4 rings (SSSR count). The molecule has 0 radical (unpaired) electrons. The third kappa shape index (κ3) is 2.44. The molecule has 4 aromatic rings. The van der Waals surface area contributed by atoms with Crippen LogP contribution in [0.3, 0.4) is 0 Å². The molecular weight excluding hydrogens is 320 g/mol. The van der Waals surface area contributed by atoms with Crippen molar-refractivity contribution in [2.75, 3.05) is 7.11 Å². The molecule has 124 valence electrons. The zero-order valence-corrected chi connectivity index (χ0v) is 13.3.